The molecule has 0 saturated heterocycles. The molecule has 0 atom stereocenters. The molecule has 0 aromatic rings. The molecular weight excluding hydrogens is 304 g/mol. The molecule has 0 heterocycles. The Hall–Kier alpha value is 0.840. The van der Waals surface area contributed by atoms with E-state index in [1.54, 1.807) is 14.2 Å². The summed E-state index contributed by atoms with van der Waals surface area (Å²) in [6.45, 7) is 1.73. The van der Waals surface area contributed by atoms with Crippen molar-refractivity contribution in [3.05, 3.63) is 0 Å². The topological polar surface area (TPSA) is 50.0 Å². The molecule has 0 aliphatic rings. The normalized spacial score (nSPS) is 8.31. The van der Waals surface area contributed by atoms with Crippen molar-refractivity contribution in [2.45, 2.75) is 12.8 Å². The third-order valence-corrected chi connectivity index (χ3v) is 2.09. The summed E-state index contributed by atoms with van der Waals surface area (Å²) in [5.74, 6) is 0. The standard InChI is InChI=1S/2C4H9BrO.H2O/c2*1-6-4-2-3-5;/h2*2-4H2,1H3;1H2. The van der Waals surface area contributed by atoms with Crippen molar-refractivity contribution in [2.75, 3.05) is 38.1 Å². The number of ether oxygens (including phenoxy) is 2. The van der Waals surface area contributed by atoms with Crippen LogP contribution in [0.1, 0.15) is 12.8 Å². The maximum Gasteiger partial charge on any atom is 0.0470 e. The number of rotatable bonds is 6. The van der Waals surface area contributed by atoms with Gasteiger partial charge in [0.2, 0.25) is 0 Å². The Kier molecular flexibility index (Phi) is 34.4. The second-order valence-electron chi connectivity index (χ2n) is 2.07. The highest BCUT2D eigenvalue weighted by Crippen LogP contribution is 1.85. The first-order valence-electron chi connectivity index (χ1n) is 3.93. The van der Waals surface area contributed by atoms with Crippen molar-refractivity contribution in [3.8, 4) is 0 Å². The van der Waals surface area contributed by atoms with Gasteiger partial charge in [-0.1, -0.05) is 31.9 Å². The molecule has 0 unspecified atom stereocenters. The summed E-state index contributed by atoms with van der Waals surface area (Å²) in [7, 11) is 3.42. The molecule has 0 bridgehead atoms. The summed E-state index contributed by atoms with van der Waals surface area (Å²) in [5, 5.41) is 2.08. The summed E-state index contributed by atoms with van der Waals surface area (Å²) in [6, 6.07) is 0. The summed E-state index contributed by atoms with van der Waals surface area (Å²) < 4.78 is 9.50. The van der Waals surface area contributed by atoms with Crippen LogP contribution in [-0.4, -0.2) is 43.6 Å². The Labute approximate surface area is 97.7 Å². The molecule has 13 heavy (non-hydrogen) atoms. The summed E-state index contributed by atoms with van der Waals surface area (Å²) in [4.78, 5) is 0. The lowest BCUT2D eigenvalue weighted by atomic mass is 10.5. The van der Waals surface area contributed by atoms with Gasteiger partial charge in [0.15, 0.2) is 0 Å². The minimum Gasteiger partial charge on any atom is -0.412 e. The van der Waals surface area contributed by atoms with Crippen molar-refractivity contribution in [1.29, 1.82) is 0 Å². The van der Waals surface area contributed by atoms with Crippen LogP contribution >= 0.6 is 31.9 Å². The molecule has 84 valence electrons. The first-order chi connectivity index (χ1) is 5.83. The number of halogens is 2. The highest BCUT2D eigenvalue weighted by molar-refractivity contribution is 9.09. The Bertz CT molecular complexity index is 49.4. The van der Waals surface area contributed by atoms with Crippen LogP contribution in [-0.2, 0) is 9.47 Å². The molecule has 0 aromatic carbocycles. The maximum absolute atomic E-state index is 4.75. The van der Waals surface area contributed by atoms with Gasteiger partial charge in [-0.05, 0) is 12.8 Å². The van der Waals surface area contributed by atoms with Gasteiger partial charge in [0.25, 0.3) is 0 Å². The monoisotopic (exact) mass is 322 g/mol. The van der Waals surface area contributed by atoms with E-state index in [1.165, 1.54) is 0 Å². The van der Waals surface area contributed by atoms with E-state index in [0.717, 1.165) is 36.7 Å². The van der Waals surface area contributed by atoms with Gasteiger partial charge in [-0.15, -0.1) is 0 Å². The first-order valence-corrected chi connectivity index (χ1v) is 6.17. The molecule has 5 heteroatoms. The Morgan fingerprint density at radius 1 is 0.846 bits per heavy atom. The predicted octanol–water partition coefficient (Wildman–Crippen LogP) is 2.01. The molecule has 2 N–H and O–H groups in total. The largest absolute Gasteiger partial charge is 0.412 e. The molecule has 0 saturated carbocycles. The molecule has 3 nitrogen and oxygen atoms in total. The van der Waals surface area contributed by atoms with Crippen molar-refractivity contribution in [2.24, 2.45) is 0 Å². The molecule has 0 amide bonds. The van der Waals surface area contributed by atoms with E-state index in [0.29, 0.717) is 0 Å². The lowest BCUT2D eigenvalue weighted by molar-refractivity contribution is 0.200. The second-order valence-corrected chi connectivity index (χ2v) is 3.66. The van der Waals surface area contributed by atoms with Gasteiger partial charge in [0, 0.05) is 38.1 Å². The third-order valence-electron chi connectivity index (χ3n) is 0.964. The fourth-order valence-electron chi connectivity index (χ4n) is 0.398. The molecular formula is C8H20Br2O3. The van der Waals surface area contributed by atoms with Gasteiger partial charge in [-0.3, -0.25) is 0 Å². The van der Waals surface area contributed by atoms with E-state index >= 15 is 0 Å². The minimum atomic E-state index is 0. The fraction of sp³-hybridized carbons (Fsp3) is 1.00. The van der Waals surface area contributed by atoms with Crippen LogP contribution in [0.4, 0.5) is 0 Å². The van der Waals surface area contributed by atoms with Gasteiger partial charge in [0.1, 0.15) is 0 Å². The third kappa shape index (κ3) is 32.2. The molecule has 0 radical (unpaired) electrons. The number of alkyl halides is 2. The minimum absolute atomic E-state index is 0. The van der Waals surface area contributed by atoms with Gasteiger partial charge in [-0.2, -0.15) is 0 Å². The van der Waals surface area contributed by atoms with E-state index < -0.39 is 0 Å². The fourth-order valence-corrected chi connectivity index (χ4v) is 0.856. The molecule has 0 aliphatic carbocycles. The van der Waals surface area contributed by atoms with Crippen LogP contribution in [0.25, 0.3) is 0 Å². The number of methoxy groups -OCH3 is 2. The Morgan fingerprint density at radius 2 is 1.15 bits per heavy atom. The van der Waals surface area contributed by atoms with Gasteiger partial charge >= 0.3 is 0 Å². The Morgan fingerprint density at radius 3 is 1.23 bits per heavy atom. The molecule has 0 aromatic heterocycles. The summed E-state index contributed by atoms with van der Waals surface area (Å²) in [6.07, 6.45) is 2.22. The van der Waals surface area contributed by atoms with Crippen LogP contribution in [0.2, 0.25) is 0 Å². The molecule has 0 spiro atoms. The van der Waals surface area contributed by atoms with Crippen LogP contribution in [0.15, 0.2) is 0 Å². The van der Waals surface area contributed by atoms with Gasteiger partial charge < -0.3 is 14.9 Å². The van der Waals surface area contributed by atoms with Crippen LogP contribution in [0.5, 0.6) is 0 Å². The second kappa shape index (κ2) is 23.0. The van der Waals surface area contributed by atoms with E-state index in [9.17, 15) is 0 Å². The quantitative estimate of drug-likeness (QED) is 0.554. The zero-order chi connectivity index (χ0) is 9.66. The zero-order valence-electron chi connectivity index (χ0n) is 8.32. The van der Waals surface area contributed by atoms with Crippen LogP contribution < -0.4 is 0 Å². The van der Waals surface area contributed by atoms with Crippen LogP contribution in [0.3, 0.4) is 0 Å². The predicted molar refractivity (Wildman–Crippen MR) is 64.2 cm³/mol. The highest BCUT2D eigenvalue weighted by Gasteiger charge is 1.76. The lowest BCUT2D eigenvalue weighted by Gasteiger charge is -1.88. The van der Waals surface area contributed by atoms with Crippen molar-refractivity contribution < 1.29 is 14.9 Å². The first kappa shape index (κ1) is 19.4. The van der Waals surface area contributed by atoms with Gasteiger partial charge in [-0.25, -0.2) is 0 Å². The van der Waals surface area contributed by atoms with E-state index in [1.807, 2.05) is 0 Å². The van der Waals surface area contributed by atoms with Crippen molar-refractivity contribution in [1.82, 2.24) is 0 Å². The van der Waals surface area contributed by atoms with Crippen LogP contribution in [0, 0.1) is 0 Å². The van der Waals surface area contributed by atoms with E-state index in [4.69, 9.17) is 9.47 Å². The Balaban J connectivity index is -0.000000143. The number of hydrogen-bond donors (Lipinski definition) is 0. The molecule has 0 fully saturated rings. The highest BCUT2D eigenvalue weighted by atomic mass is 79.9. The smallest absolute Gasteiger partial charge is 0.0470 e. The van der Waals surface area contributed by atoms with Crippen molar-refractivity contribution in [3.63, 3.8) is 0 Å². The average Bonchev–Trinajstić information content (AvgIpc) is 2.12. The number of hydrogen-bond acceptors (Lipinski definition) is 2. The average molecular weight is 324 g/mol. The van der Waals surface area contributed by atoms with Crippen molar-refractivity contribution >= 4 is 31.9 Å². The summed E-state index contributed by atoms with van der Waals surface area (Å²) >= 11 is 6.54. The zero-order valence-corrected chi connectivity index (χ0v) is 11.5. The summed E-state index contributed by atoms with van der Waals surface area (Å²) in [5.41, 5.74) is 0. The maximum atomic E-state index is 4.75. The van der Waals surface area contributed by atoms with Gasteiger partial charge in [0.05, 0.1) is 0 Å². The van der Waals surface area contributed by atoms with E-state index in [2.05, 4.69) is 31.9 Å². The lowest BCUT2D eigenvalue weighted by Crippen LogP contribution is -1.86. The SMILES string of the molecule is COCCCBr.COCCCBr.O. The molecule has 0 rings (SSSR count). The molecule has 0 aliphatic heterocycles. The van der Waals surface area contributed by atoms with E-state index in [-0.39, 0.29) is 5.48 Å².